The van der Waals surface area contributed by atoms with Crippen molar-refractivity contribution in [2.24, 2.45) is 7.05 Å². The molecule has 0 amide bonds. The SMILES string of the molecule is Cc1c(C)n(C)c2cc([N+](=O)[O-])ccc12. The molecule has 2 rings (SSSR count). The number of nitro groups is 1. The van der Waals surface area contributed by atoms with E-state index in [-0.39, 0.29) is 10.6 Å². The number of aromatic nitrogens is 1. The zero-order valence-electron chi connectivity index (χ0n) is 8.94. The van der Waals surface area contributed by atoms with Crippen molar-refractivity contribution in [1.29, 1.82) is 0 Å². The molecule has 0 bridgehead atoms. The van der Waals surface area contributed by atoms with Crippen LogP contribution in [-0.4, -0.2) is 9.49 Å². The quantitative estimate of drug-likeness (QED) is 0.529. The van der Waals surface area contributed by atoms with Crippen molar-refractivity contribution in [1.82, 2.24) is 4.57 Å². The van der Waals surface area contributed by atoms with Crippen LogP contribution in [-0.2, 0) is 7.05 Å². The maximum Gasteiger partial charge on any atom is 0.271 e. The summed E-state index contributed by atoms with van der Waals surface area (Å²) in [5.74, 6) is 0. The van der Waals surface area contributed by atoms with E-state index in [1.165, 1.54) is 5.56 Å². The van der Waals surface area contributed by atoms with Gasteiger partial charge in [-0.05, 0) is 25.5 Å². The van der Waals surface area contributed by atoms with Crippen molar-refractivity contribution >= 4 is 16.6 Å². The van der Waals surface area contributed by atoms with Gasteiger partial charge in [0.1, 0.15) is 0 Å². The van der Waals surface area contributed by atoms with E-state index >= 15 is 0 Å². The maximum atomic E-state index is 10.6. The third kappa shape index (κ3) is 1.29. The number of aryl methyl sites for hydroxylation is 2. The summed E-state index contributed by atoms with van der Waals surface area (Å²) in [4.78, 5) is 10.3. The lowest BCUT2D eigenvalue weighted by Gasteiger charge is -1.98. The molecule has 0 aliphatic carbocycles. The summed E-state index contributed by atoms with van der Waals surface area (Å²) in [7, 11) is 1.92. The number of benzene rings is 1. The van der Waals surface area contributed by atoms with Gasteiger partial charge in [-0.25, -0.2) is 0 Å². The van der Waals surface area contributed by atoms with Crippen LogP contribution < -0.4 is 0 Å². The Hall–Kier alpha value is -1.84. The molecular weight excluding hydrogens is 192 g/mol. The van der Waals surface area contributed by atoms with Gasteiger partial charge in [-0.3, -0.25) is 10.1 Å². The largest absolute Gasteiger partial charge is 0.347 e. The fourth-order valence-electron chi connectivity index (χ4n) is 1.86. The highest BCUT2D eigenvalue weighted by Crippen LogP contribution is 2.27. The van der Waals surface area contributed by atoms with Gasteiger partial charge in [-0.1, -0.05) is 0 Å². The number of hydrogen-bond donors (Lipinski definition) is 0. The highest BCUT2D eigenvalue weighted by Gasteiger charge is 2.12. The monoisotopic (exact) mass is 204 g/mol. The first-order valence-corrected chi connectivity index (χ1v) is 4.72. The number of fused-ring (bicyclic) bond motifs is 1. The molecule has 1 aromatic heterocycles. The molecule has 0 radical (unpaired) electrons. The van der Waals surface area contributed by atoms with Gasteiger partial charge in [0, 0.05) is 30.3 Å². The Morgan fingerprint density at radius 2 is 2.00 bits per heavy atom. The van der Waals surface area contributed by atoms with Crippen molar-refractivity contribution in [2.45, 2.75) is 13.8 Å². The van der Waals surface area contributed by atoms with Gasteiger partial charge in [0.2, 0.25) is 0 Å². The number of rotatable bonds is 1. The van der Waals surface area contributed by atoms with E-state index in [4.69, 9.17) is 0 Å². The molecule has 2 aromatic rings. The van der Waals surface area contributed by atoms with E-state index in [1.807, 2.05) is 31.5 Å². The van der Waals surface area contributed by atoms with Crippen molar-refractivity contribution < 1.29 is 4.92 Å². The molecule has 15 heavy (non-hydrogen) atoms. The molecule has 78 valence electrons. The third-order valence-corrected chi connectivity index (χ3v) is 3.00. The standard InChI is InChI=1S/C11H12N2O2/c1-7-8(2)12(3)11-6-9(13(14)15)4-5-10(7)11/h4-6H,1-3H3. The van der Waals surface area contributed by atoms with Crippen molar-refractivity contribution in [3.63, 3.8) is 0 Å². The predicted molar refractivity (Wildman–Crippen MR) is 59.0 cm³/mol. The van der Waals surface area contributed by atoms with Crippen molar-refractivity contribution in [3.8, 4) is 0 Å². The van der Waals surface area contributed by atoms with Crippen LogP contribution in [0.25, 0.3) is 10.9 Å². The minimum Gasteiger partial charge on any atom is -0.347 e. The Balaban J connectivity index is 2.82. The maximum absolute atomic E-state index is 10.6. The Kier molecular flexibility index (Phi) is 2.00. The summed E-state index contributed by atoms with van der Waals surface area (Å²) in [6, 6.07) is 4.99. The van der Waals surface area contributed by atoms with Crippen LogP contribution in [0.1, 0.15) is 11.3 Å². The van der Waals surface area contributed by atoms with Gasteiger partial charge in [0.25, 0.3) is 5.69 Å². The van der Waals surface area contributed by atoms with Gasteiger partial charge in [0.15, 0.2) is 0 Å². The first-order chi connectivity index (χ1) is 7.02. The Morgan fingerprint density at radius 3 is 2.60 bits per heavy atom. The second kappa shape index (κ2) is 3.08. The zero-order chi connectivity index (χ0) is 11.2. The lowest BCUT2D eigenvalue weighted by molar-refractivity contribution is -0.384. The van der Waals surface area contributed by atoms with E-state index in [9.17, 15) is 10.1 Å². The molecule has 0 aliphatic heterocycles. The molecule has 1 heterocycles. The minimum atomic E-state index is -0.364. The molecule has 0 spiro atoms. The van der Waals surface area contributed by atoms with Crippen LogP contribution in [0.3, 0.4) is 0 Å². The third-order valence-electron chi connectivity index (χ3n) is 3.00. The van der Waals surface area contributed by atoms with Gasteiger partial charge in [-0.2, -0.15) is 0 Å². The number of hydrogen-bond acceptors (Lipinski definition) is 2. The van der Waals surface area contributed by atoms with Crippen LogP contribution in [0, 0.1) is 24.0 Å². The van der Waals surface area contributed by atoms with Crippen molar-refractivity contribution in [2.75, 3.05) is 0 Å². The number of non-ortho nitro benzene ring substituents is 1. The average molecular weight is 204 g/mol. The van der Waals surface area contributed by atoms with E-state index in [0.717, 1.165) is 16.6 Å². The second-order valence-corrected chi connectivity index (χ2v) is 3.73. The van der Waals surface area contributed by atoms with Gasteiger partial charge < -0.3 is 4.57 Å². The first kappa shape index (κ1) is 9.71. The number of nitrogens with zero attached hydrogens (tertiary/aromatic N) is 2. The average Bonchev–Trinajstić information content (AvgIpc) is 2.44. The van der Waals surface area contributed by atoms with Crippen LogP contribution >= 0.6 is 0 Å². The Labute approximate surface area is 87.3 Å². The lowest BCUT2D eigenvalue weighted by atomic mass is 10.1. The highest BCUT2D eigenvalue weighted by molar-refractivity contribution is 5.87. The molecule has 1 aromatic carbocycles. The Bertz CT molecular complexity index is 555. The van der Waals surface area contributed by atoms with E-state index in [1.54, 1.807) is 12.1 Å². The van der Waals surface area contributed by atoms with E-state index in [2.05, 4.69) is 0 Å². The molecule has 0 saturated heterocycles. The molecule has 4 nitrogen and oxygen atoms in total. The fraction of sp³-hybridized carbons (Fsp3) is 0.273. The second-order valence-electron chi connectivity index (χ2n) is 3.73. The molecule has 0 unspecified atom stereocenters. The molecule has 4 heteroatoms. The summed E-state index contributed by atoms with van der Waals surface area (Å²) in [6.45, 7) is 4.05. The van der Waals surface area contributed by atoms with Gasteiger partial charge in [-0.15, -0.1) is 0 Å². The van der Waals surface area contributed by atoms with Crippen LogP contribution in [0.15, 0.2) is 18.2 Å². The fourth-order valence-corrected chi connectivity index (χ4v) is 1.86. The zero-order valence-corrected chi connectivity index (χ0v) is 8.94. The summed E-state index contributed by atoms with van der Waals surface area (Å²) in [6.07, 6.45) is 0. The summed E-state index contributed by atoms with van der Waals surface area (Å²) < 4.78 is 1.98. The minimum absolute atomic E-state index is 0.142. The summed E-state index contributed by atoms with van der Waals surface area (Å²) in [5, 5.41) is 11.7. The Morgan fingerprint density at radius 1 is 1.33 bits per heavy atom. The smallest absolute Gasteiger partial charge is 0.271 e. The summed E-state index contributed by atoms with van der Waals surface area (Å²) >= 11 is 0. The molecule has 0 saturated carbocycles. The van der Waals surface area contributed by atoms with E-state index < -0.39 is 0 Å². The predicted octanol–water partition coefficient (Wildman–Crippen LogP) is 2.70. The topological polar surface area (TPSA) is 48.1 Å². The van der Waals surface area contributed by atoms with Crippen LogP contribution in [0.2, 0.25) is 0 Å². The molecule has 0 atom stereocenters. The first-order valence-electron chi connectivity index (χ1n) is 4.72. The van der Waals surface area contributed by atoms with Gasteiger partial charge in [0.05, 0.1) is 10.4 Å². The number of nitro benzene ring substituents is 1. The summed E-state index contributed by atoms with van der Waals surface area (Å²) in [5.41, 5.74) is 3.38. The molecular formula is C11H12N2O2. The van der Waals surface area contributed by atoms with Gasteiger partial charge >= 0.3 is 0 Å². The normalized spacial score (nSPS) is 10.9. The van der Waals surface area contributed by atoms with E-state index in [0.29, 0.717) is 0 Å². The molecule has 0 N–H and O–H groups in total. The van der Waals surface area contributed by atoms with Crippen molar-refractivity contribution in [3.05, 3.63) is 39.6 Å². The molecule has 0 fully saturated rings. The molecule has 0 aliphatic rings. The van der Waals surface area contributed by atoms with Crippen LogP contribution in [0.5, 0.6) is 0 Å². The lowest BCUT2D eigenvalue weighted by Crippen LogP contribution is -1.92. The van der Waals surface area contributed by atoms with Crippen LogP contribution in [0.4, 0.5) is 5.69 Å². The highest BCUT2D eigenvalue weighted by atomic mass is 16.6.